The van der Waals surface area contributed by atoms with Crippen LogP contribution < -0.4 is 9.64 Å². The van der Waals surface area contributed by atoms with Crippen molar-refractivity contribution in [3.8, 4) is 5.75 Å². The molecule has 0 spiro atoms. The van der Waals surface area contributed by atoms with E-state index in [0.29, 0.717) is 19.7 Å². The van der Waals surface area contributed by atoms with Crippen LogP contribution in [0.4, 0.5) is 11.4 Å². The first-order chi connectivity index (χ1) is 9.52. The first kappa shape index (κ1) is 14.1. The Morgan fingerprint density at radius 2 is 2.25 bits per heavy atom. The highest BCUT2D eigenvalue weighted by Crippen LogP contribution is 2.34. The molecule has 0 saturated carbocycles. The minimum atomic E-state index is -0.814. The molecule has 1 aromatic carbocycles. The maximum atomic E-state index is 10.9. The largest absolute Gasteiger partial charge is 0.487 e. The third-order valence-corrected chi connectivity index (χ3v) is 3.20. The Hall–Kier alpha value is -2.31. The maximum Gasteiger partial charge on any atom is 0.311 e. The van der Waals surface area contributed by atoms with E-state index >= 15 is 0 Å². The molecule has 108 valence electrons. The van der Waals surface area contributed by atoms with E-state index in [1.807, 2.05) is 11.8 Å². The van der Waals surface area contributed by atoms with Crippen molar-refractivity contribution >= 4 is 17.3 Å². The molecule has 0 unspecified atom stereocenters. The zero-order chi connectivity index (χ0) is 14.7. The summed E-state index contributed by atoms with van der Waals surface area (Å²) in [4.78, 5) is 23.1. The van der Waals surface area contributed by atoms with Crippen LogP contribution >= 0.6 is 0 Å². The van der Waals surface area contributed by atoms with E-state index < -0.39 is 10.9 Å². The number of carboxylic acid groups (broad SMARTS) is 1. The van der Waals surface area contributed by atoms with Crippen molar-refractivity contribution in [3.63, 3.8) is 0 Å². The van der Waals surface area contributed by atoms with Gasteiger partial charge in [0.05, 0.1) is 17.4 Å². The number of aliphatic carboxylic acids is 1. The highest BCUT2D eigenvalue weighted by molar-refractivity contribution is 5.75. The van der Waals surface area contributed by atoms with Gasteiger partial charge in [0.2, 0.25) is 0 Å². The molecule has 0 atom stereocenters. The third kappa shape index (κ3) is 2.81. The normalized spacial score (nSPS) is 14.8. The number of hydrogen-bond acceptors (Lipinski definition) is 5. The molecular formula is C13H16N2O5. The van der Waals surface area contributed by atoms with Crippen molar-refractivity contribution < 1.29 is 19.6 Å². The first-order valence-electron chi connectivity index (χ1n) is 6.42. The quantitative estimate of drug-likeness (QED) is 0.632. The highest BCUT2D eigenvalue weighted by atomic mass is 16.6. The van der Waals surface area contributed by atoms with Crippen LogP contribution in [-0.4, -0.2) is 35.7 Å². The SMILES string of the molecule is CCCOc1cc(N2CC(C(=O)O)C2)ccc1[N+](=O)[O-]. The first-order valence-corrected chi connectivity index (χ1v) is 6.42. The third-order valence-electron chi connectivity index (χ3n) is 3.20. The minimum Gasteiger partial charge on any atom is -0.487 e. The number of ether oxygens (including phenoxy) is 1. The summed E-state index contributed by atoms with van der Waals surface area (Å²) in [6.45, 7) is 3.16. The molecule has 7 nitrogen and oxygen atoms in total. The van der Waals surface area contributed by atoms with E-state index in [1.54, 1.807) is 12.1 Å². The van der Waals surface area contributed by atoms with Crippen molar-refractivity contribution in [1.29, 1.82) is 0 Å². The average molecular weight is 280 g/mol. The van der Waals surface area contributed by atoms with Crippen LogP contribution in [0.15, 0.2) is 18.2 Å². The van der Waals surface area contributed by atoms with Gasteiger partial charge in [0.25, 0.3) is 0 Å². The number of hydrogen-bond donors (Lipinski definition) is 1. The fourth-order valence-corrected chi connectivity index (χ4v) is 2.02. The van der Waals surface area contributed by atoms with Crippen LogP contribution in [0.5, 0.6) is 5.75 Å². The Balaban J connectivity index is 2.15. The topological polar surface area (TPSA) is 92.9 Å². The predicted molar refractivity (Wildman–Crippen MR) is 72.2 cm³/mol. The lowest BCUT2D eigenvalue weighted by molar-refractivity contribution is -0.385. The standard InChI is InChI=1S/C13H16N2O5/c1-2-5-20-12-6-10(3-4-11(12)15(18)19)14-7-9(8-14)13(16)17/h3-4,6,9H,2,5,7-8H2,1H3,(H,16,17). The number of nitrogens with zero attached hydrogens (tertiary/aromatic N) is 2. The van der Waals surface area contributed by atoms with Crippen LogP contribution in [0.25, 0.3) is 0 Å². The molecule has 1 heterocycles. The van der Waals surface area contributed by atoms with Crippen molar-refractivity contribution in [1.82, 2.24) is 0 Å². The van der Waals surface area contributed by atoms with Gasteiger partial charge in [-0.25, -0.2) is 0 Å². The second kappa shape index (κ2) is 5.77. The zero-order valence-electron chi connectivity index (χ0n) is 11.1. The summed E-state index contributed by atoms with van der Waals surface area (Å²) >= 11 is 0. The van der Waals surface area contributed by atoms with E-state index in [-0.39, 0.29) is 17.4 Å². The summed E-state index contributed by atoms with van der Waals surface area (Å²) in [7, 11) is 0. The maximum absolute atomic E-state index is 10.9. The second-order valence-electron chi connectivity index (χ2n) is 4.70. The number of anilines is 1. The number of carboxylic acids is 1. The second-order valence-corrected chi connectivity index (χ2v) is 4.70. The van der Waals surface area contributed by atoms with Gasteiger partial charge in [-0.3, -0.25) is 14.9 Å². The zero-order valence-corrected chi connectivity index (χ0v) is 11.1. The molecular weight excluding hydrogens is 264 g/mol. The van der Waals surface area contributed by atoms with Gasteiger partial charge in [-0.1, -0.05) is 6.92 Å². The molecule has 0 radical (unpaired) electrons. The van der Waals surface area contributed by atoms with Gasteiger partial charge in [0.15, 0.2) is 5.75 Å². The van der Waals surface area contributed by atoms with Crippen LogP contribution in [0.2, 0.25) is 0 Å². The van der Waals surface area contributed by atoms with Crippen molar-refractivity contribution in [3.05, 3.63) is 28.3 Å². The molecule has 1 saturated heterocycles. The lowest BCUT2D eigenvalue weighted by Crippen LogP contribution is -2.50. The van der Waals surface area contributed by atoms with Crippen molar-refractivity contribution in [2.24, 2.45) is 5.92 Å². The number of carbonyl (C=O) groups is 1. The lowest BCUT2D eigenvalue weighted by Gasteiger charge is -2.38. The molecule has 1 fully saturated rings. The smallest absolute Gasteiger partial charge is 0.311 e. The van der Waals surface area contributed by atoms with Crippen molar-refractivity contribution in [2.45, 2.75) is 13.3 Å². The predicted octanol–water partition coefficient (Wildman–Crippen LogP) is 1.90. The number of nitro benzene ring substituents is 1. The summed E-state index contributed by atoms with van der Waals surface area (Å²) in [5.41, 5.74) is 0.678. The molecule has 1 aromatic rings. The molecule has 0 aliphatic carbocycles. The Morgan fingerprint density at radius 1 is 1.55 bits per heavy atom. The summed E-state index contributed by atoms with van der Waals surface area (Å²) in [5, 5.41) is 19.8. The monoisotopic (exact) mass is 280 g/mol. The summed E-state index contributed by atoms with van der Waals surface area (Å²) < 4.78 is 5.40. The molecule has 1 aliphatic heterocycles. The lowest BCUT2D eigenvalue weighted by atomic mass is 9.99. The van der Waals surface area contributed by atoms with Crippen LogP contribution in [0.3, 0.4) is 0 Å². The van der Waals surface area contributed by atoms with Gasteiger partial charge in [0.1, 0.15) is 0 Å². The molecule has 7 heteroatoms. The van der Waals surface area contributed by atoms with Gasteiger partial charge in [-0.15, -0.1) is 0 Å². The van der Waals surface area contributed by atoms with Crippen LogP contribution in [-0.2, 0) is 4.79 Å². The molecule has 20 heavy (non-hydrogen) atoms. The molecule has 0 bridgehead atoms. The van der Waals surface area contributed by atoms with E-state index in [9.17, 15) is 14.9 Å². The average Bonchev–Trinajstić information content (AvgIpc) is 2.33. The molecule has 2 rings (SSSR count). The summed E-state index contributed by atoms with van der Waals surface area (Å²) in [6.07, 6.45) is 0.756. The highest BCUT2D eigenvalue weighted by Gasteiger charge is 2.33. The van der Waals surface area contributed by atoms with E-state index in [0.717, 1.165) is 12.1 Å². The molecule has 0 amide bonds. The van der Waals surface area contributed by atoms with Gasteiger partial charge < -0.3 is 14.7 Å². The Labute approximate surface area is 115 Å². The van der Waals surface area contributed by atoms with Gasteiger partial charge >= 0.3 is 11.7 Å². The summed E-state index contributed by atoms with van der Waals surface area (Å²) in [6, 6.07) is 4.62. The Kier molecular flexibility index (Phi) is 4.07. The van der Waals surface area contributed by atoms with E-state index in [2.05, 4.69) is 0 Å². The van der Waals surface area contributed by atoms with E-state index in [1.165, 1.54) is 6.07 Å². The number of rotatable bonds is 6. The minimum absolute atomic E-state index is 0.0718. The molecule has 1 N–H and O–H groups in total. The van der Waals surface area contributed by atoms with Crippen molar-refractivity contribution in [2.75, 3.05) is 24.6 Å². The Morgan fingerprint density at radius 3 is 2.80 bits per heavy atom. The Bertz CT molecular complexity index is 525. The van der Waals surface area contributed by atoms with E-state index in [4.69, 9.17) is 9.84 Å². The van der Waals surface area contributed by atoms with Crippen LogP contribution in [0.1, 0.15) is 13.3 Å². The summed E-state index contributed by atoms with van der Waals surface area (Å²) in [5.74, 6) is -0.955. The fourth-order valence-electron chi connectivity index (χ4n) is 2.02. The number of benzene rings is 1. The number of nitro groups is 1. The molecule has 0 aromatic heterocycles. The fraction of sp³-hybridized carbons (Fsp3) is 0.462. The van der Waals surface area contributed by atoms with Gasteiger partial charge in [-0.05, 0) is 12.5 Å². The molecule has 1 aliphatic rings. The van der Waals surface area contributed by atoms with Gasteiger partial charge in [0, 0.05) is 30.9 Å². The van der Waals surface area contributed by atoms with Gasteiger partial charge in [-0.2, -0.15) is 0 Å². The van der Waals surface area contributed by atoms with Crippen LogP contribution in [0, 0.1) is 16.0 Å².